The van der Waals surface area contributed by atoms with Crippen molar-refractivity contribution in [3.8, 4) is 0 Å². The Balaban J connectivity index is 1.83. The fourth-order valence-corrected chi connectivity index (χ4v) is 3.47. The van der Waals surface area contributed by atoms with Gasteiger partial charge in [0.25, 0.3) is 5.91 Å². The Labute approximate surface area is 162 Å². The third-order valence-electron chi connectivity index (χ3n) is 4.74. The van der Waals surface area contributed by atoms with Crippen molar-refractivity contribution in [3.05, 3.63) is 60.2 Å². The minimum absolute atomic E-state index is 0.131. The highest BCUT2D eigenvalue weighted by Crippen LogP contribution is 2.26. The quantitative estimate of drug-likeness (QED) is 0.415. The van der Waals surface area contributed by atoms with Gasteiger partial charge in [0.2, 0.25) is 0 Å². The summed E-state index contributed by atoms with van der Waals surface area (Å²) < 4.78 is 0. The molecule has 0 spiro atoms. The van der Waals surface area contributed by atoms with Gasteiger partial charge < -0.3 is 15.3 Å². The minimum atomic E-state index is -0.355. The summed E-state index contributed by atoms with van der Waals surface area (Å²) >= 11 is 0. The molecule has 0 fully saturated rings. The predicted molar refractivity (Wildman–Crippen MR) is 111 cm³/mol. The van der Waals surface area contributed by atoms with Crippen LogP contribution in [0.25, 0.3) is 32.8 Å². The normalized spacial score (nSPS) is 12.7. The van der Waals surface area contributed by atoms with E-state index in [2.05, 4.69) is 5.32 Å². The van der Waals surface area contributed by atoms with Gasteiger partial charge in [0.05, 0.1) is 34.8 Å². The standard InChI is InChI=1S/C22H22N4O2/c1-26(2)12-15(13-27)23-22(28)17-8-5-9-18-21(17)25-20-16-7-4-3-6-14(16)10-11-19(20)24-18/h3-11,15,27H,12-13H2,1-2H3,(H,23,28)/t15-/m0/s1. The Morgan fingerprint density at radius 3 is 2.57 bits per heavy atom. The highest BCUT2D eigenvalue weighted by molar-refractivity contribution is 6.10. The predicted octanol–water partition coefficient (Wildman–Crippen LogP) is 2.59. The molecular formula is C22H22N4O2. The highest BCUT2D eigenvalue weighted by atomic mass is 16.3. The van der Waals surface area contributed by atoms with Crippen LogP contribution in [0.1, 0.15) is 10.4 Å². The third-order valence-corrected chi connectivity index (χ3v) is 4.74. The van der Waals surface area contributed by atoms with Crippen molar-refractivity contribution in [2.75, 3.05) is 27.2 Å². The lowest BCUT2D eigenvalue weighted by Gasteiger charge is -2.20. The number of likely N-dealkylation sites (N-methyl/N-ethyl adjacent to an activating group) is 1. The molecule has 4 aromatic rings. The summed E-state index contributed by atoms with van der Waals surface area (Å²) in [5.74, 6) is -0.264. The molecule has 0 bridgehead atoms. The van der Waals surface area contributed by atoms with E-state index >= 15 is 0 Å². The topological polar surface area (TPSA) is 78.4 Å². The van der Waals surface area contributed by atoms with Crippen LogP contribution in [0.3, 0.4) is 0 Å². The Hall–Kier alpha value is -3.09. The molecule has 0 unspecified atom stereocenters. The highest BCUT2D eigenvalue weighted by Gasteiger charge is 2.18. The van der Waals surface area contributed by atoms with E-state index in [9.17, 15) is 9.90 Å². The van der Waals surface area contributed by atoms with Crippen molar-refractivity contribution in [3.63, 3.8) is 0 Å². The summed E-state index contributed by atoms with van der Waals surface area (Å²) in [4.78, 5) is 24.4. The number of nitrogens with zero attached hydrogens (tertiary/aromatic N) is 3. The Morgan fingerprint density at radius 2 is 1.79 bits per heavy atom. The molecule has 1 heterocycles. The van der Waals surface area contributed by atoms with Gasteiger partial charge in [0, 0.05) is 11.9 Å². The molecule has 2 N–H and O–H groups in total. The van der Waals surface area contributed by atoms with Crippen LogP contribution in [-0.4, -0.2) is 59.2 Å². The number of carbonyl (C=O) groups excluding carboxylic acids is 1. The summed E-state index contributed by atoms with van der Waals surface area (Å²) in [5, 5.41) is 14.6. The number of nitrogens with one attached hydrogen (secondary N) is 1. The first-order valence-electron chi connectivity index (χ1n) is 9.21. The van der Waals surface area contributed by atoms with Crippen LogP contribution in [-0.2, 0) is 0 Å². The van der Waals surface area contributed by atoms with E-state index in [1.165, 1.54) is 0 Å². The van der Waals surface area contributed by atoms with Gasteiger partial charge in [-0.05, 0) is 37.7 Å². The number of hydrogen-bond acceptors (Lipinski definition) is 5. The molecule has 0 aliphatic rings. The number of para-hydroxylation sites is 1. The maximum Gasteiger partial charge on any atom is 0.253 e. The lowest BCUT2D eigenvalue weighted by atomic mass is 10.1. The molecule has 0 saturated carbocycles. The van der Waals surface area contributed by atoms with Gasteiger partial charge in [0.15, 0.2) is 0 Å². The van der Waals surface area contributed by atoms with Gasteiger partial charge in [-0.1, -0.05) is 36.4 Å². The minimum Gasteiger partial charge on any atom is -0.394 e. The van der Waals surface area contributed by atoms with Crippen LogP contribution in [0.15, 0.2) is 54.6 Å². The molecule has 3 aromatic carbocycles. The van der Waals surface area contributed by atoms with Gasteiger partial charge in [-0.2, -0.15) is 0 Å². The SMILES string of the molecule is CN(C)C[C@@H](CO)NC(=O)c1cccc2nc3ccc4ccccc4c3nc12. The van der Waals surface area contributed by atoms with E-state index in [-0.39, 0.29) is 18.6 Å². The van der Waals surface area contributed by atoms with E-state index in [4.69, 9.17) is 9.97 Å². The zero-order valence-electron chi connectivity index (χ0n) is 15.9. The molecule has 1 aromatic heterocycles. The third kappa shape index (κ3) is 3.40. The van der Waals surface area contributed by atoms with E-state index in [0.717, 1.165) is 21.8 Å². The van der Waals surface area contributed by atoms with Crippen molar-refractivity contribution >= 4 is 38.7 Å². The first kappa shape index (κ1) is 18.3. The second kappa shape index (κ2) is 7.50. The maximum absolute atomic E-state index is 12.9. The number of aliphatic hydroxyl groups excluding tert-OH is 1. The monoisotopic (exact) mass is 374 g/mol. The Bertz CT molecular complexity index is 1170. The number of rotatable bonds is 5. The number of aliphatic hydroxyl groups is 1. The molecule has 142 valence electrons. The number of hydrogen-bond donors (Lipinski definition) is 2. The van der Waals surface area contributed by atoms with Gasteiger partial charge in [-0.3, -0.25) is 4.79 Å². The van der Waals surface area contributed by atoms with E-state index in [0.29, 0.717) is 23.1 Å². The first-order valence-corrected chi connectivity index (χ1v) is 9.21. The fraction of sp³-hybridized carbons (Fsp3) is 0.227. The number of benzene rings is 3. The summed E-state index contributed by atoms with van der Waals surface area (Å²) in [7, 11) is 3.80. The zero-order valence-corrected chi connectivity index (χ0v) is 15.9. The average molecular weight is 374 g/mol. The van der Waals surface area contributed by atoms with Crippen LogP contribution < -0.4 is 5.32 Å². The van der Waals surface area contributed by atoms with E-state index < -0.39 is 0 Å². The molecule has 6 heteroatoms. The molecule has 0 aliphatic carbocycles. The summed E-state index contributed by atoms with van der Waals surface area (Å²) in [6.45, 7) is 0.417. The maximum atomic E-state index is 12.9. The summed E-state index contributed by atoms with van der Waals surface area (Å²) in [6.07, 6.45) is 0. The van der Waals surface area contributed by atoms with Crippen LogP contribution in [0, 0.1) is 0 Å². The second-order valence-corrected chi connectivity index (χ2v) is 7.17. The second-order valence-electron chi connectivity index (χ2n) is 7.17. The van der Waals surface area contributed by atoms with Crippen LogP contribution >= 0.6 is 0 Å². The van der Waals surface area contributed by atoms with Crippen molar-refractivity contribution in [2.24, 2.45) is 0 Å². The van der Waals surface area contributed by atoms with Gasteiger partial charge >= 0.3 is 0 Å². The van der Waals surface area contributed by atoms with E-state index in [1.807, 2.05) is 61.5 Å². The Kier molecular flexibility index (Phi) is 4.90. The first-order chi connectivity index (χ1) is 13.6. The van der Waals surface area contributed by atoms with Crippen LogP contribution in [0.5, 0.6) is 0 Å². The van der Waals surface area contributed by atoms with Gasteiger partial charge in [-0.25, -0.2) is 9.97 Å². The van der Waals surface area contributed by atoms with Gasteiger partial charge in [-0.15, -0.1) is 0 Å². The van der Waals surface area contributed by atoms with Crippen molar-refractivity contribution in [1.82, 2.24) is 20.2 Å². The molecule has 0 aliphatic heterocycles. The van der Waals surface area contributed by atoms with Crippen molar-refractivity contribution in [1.29, 1.82) is 0 Å². The molecule has 28 heavy (non-hydrogen) atoms. The summed E-state index contributed by atoms with van der Waals surface area (Å²) in [6, 6.07) is 17.0. The number of aromatic nitrogens is 2. The lowest BCUT2D eigenvalue weighted by molar-refractivity contribution is 0.0906. The van der Waals surface area contributed by atoms with Crippen molar-refractivity contribution < 1.29 is 9.90 Å². The smallest absolute Gasteiger partial charge is 0.253 e. The van der Waals surface area contributed by atoms with E-state index in [1.54, 1.807) is 12.1 Å². The number of carbonyl (C=O) groups is 1. The number of amides is 1. The molecular weight excluding hydrogens is 352 g/mol. The summed E-state index contributed by atoms with van der Waals surface area (Å²) in [5.41, 5.74) is 3.26. The Morgan fingerprint density at radius 1 is 1.00 bits per heavy atom. The molecule has 1 amide bonds. The average Bonchev–Trinajstić information content (AvgIpc) is 2.70. The molecule has 6 nitrogen and oxygen atoms in total. The van der Waals surface area contributed by atoms with Crippen molar-refractivity contribution in [2.45, 2.75) is 6.04 Å². The molecule has 1 atom stereocenters. The van der Waals surface area contributed by atoms with Crippen LogP contribution in [0.4, 0.5) is 0 Å². The number of fused-ring (bicyclic) bond motifs is 4. The largest absolute Gasteiger partial charge is 0.394 e. The van der Waals surface area contributed by atoms with Gasteiger partial charge in [0.1, 0.15) is 5.52 Å². The zero-order chi connectivity index (χ0) is 19.7. The fourth-order valence-electron chi connectivity index (χ4n) is 3.47. The molecule has 4 rings (SSSR count). The molecule has 0 saturated heterocycles. The molecule has 0 radical (unpaired) electrons. The van der Waals surface area contributed by atoms with Crippen LogP contribution in [0.2, 0.25) is 0 Å². The lowest BCUT2D eigenvalue weighted by Crippen LogP contribution is -2.44.